The molecule has 1 aliphatic rings. The highest BCUT2D eigenvalue weighted by molar-refractivity contribution is 6.31. The summed E-state index contributed by atoms with van der Waals surface area (Å²) in [6.07, 6.45) is 2.57. The molecule has 0 saturated carbocycles. The first-order valence-corrected chi connectivity index (χ1v) is 6.94. The number of benzene rings is 1. The molecule has 0 spiro atoms. The fraction of sp³-hybridized carbons (Fsp3) is 0.312. The van der Waals surface area contributed by atoms with E-state index in [9.17, 15) is 9.18 Å². The minimum Gasteiger partial charge on any atom is -0.335 e. The van der Waals surface area contributed by atoms with Crippen LogP contribution in [0, 0.1) is 5.82 Å². The number of hydrogen-bond acceptors (Lipinski definition) is 1. The van der Waals surface area contributed by atoms with Gasteiger partial charge in [0.2, 0.25) is 0 Å². The van der Waals surface area contributed by atoms with Gasteiger partial charge in [0, 0.05) is 29.3 Å². The van der Waals surface area contributed by atoms with Gasteiger partial charge in [-0.1, -0.05) is 35.9 Å². The zero-order valence-corrected chi connectivity index (χ0v) is 12.4. The van der Waals surface area contributed by atoms with E-state index in [-0.39, 0.29) is 11.7 Å². The quantitative estimate of drug-likeness (QED) is 0.756. The first-order valence-electron chi connectivity index (χ1n) is 6.57. The van der Waals surface area contributed by atoms with E-state index in [4.69, 9.17) is 11.6 Å². The lowest BCUT2D eigenvalue weighted by Crippen LogP contribution is -2.35. The largest absolute Gasteiger partial charge is 0.335 e. The van der Waals surface area contributed by atoms with Crippen LogP contribution < -0.4 is 0 Å². The number of nitrogens with zero attached hydrogens (tertiary/aromatic N) is 1. The summed E-state index contributed by atoms with van der Waals surface area (Å²) in [5.41, 5.74) is 2.14. The van der Waals surface area contributed by atoms with Gasteiger partial charge in [-0.3, -0.25) is 4.79 Å². The van der Waals surface area contributed by atoms with Crippen molar-refractivity contribution in [2.45, 2.75) is 20.3 Å². The maximum atomic E-state index is 13.7. The Bertz CT molecular complexity index is 588. The molecule has 2 nitrogen and oxygen atoms in total. The van der Waals surface area contributed by atoms with E-state index in [0.29, 0.717) is 35.7 Å². The zero-order chi connectivity index (χ0) is 14.7. The van der Waals surface area contributed by atoms with Crippen LogP contribution in [0.25, 0.3) is 5.57 Å². The first-order chi connectivity index (χ1) is 9.50. The molecule has 0 radical (unpaired) electrons. The predicted molar refractivity (Wildman–Crippen MR) is 79.8 cm³/mol. The Morgan fingerprint density at radius 2 is 2.00 bits per heavy atom. The number of amides is 1. The summed E-state index contributed by atoms with van der Waals surface area (Å²) in [6.45, 7) is 4.50. The SMILES string of the molecule is C/C(Cl)=C(\C)C(=O)N1CC=C(c2ccccc2F)CC1. The number of carbonyl (C=O) groups excluding carboxylic acids is 1. The van der Waals surface area contributed by atoms with Crippen LogP contribution in [-0.2, 0) is 4.79 Å². The fourth-order valence-electron chi connectivity index (χ4n) is 2.20. The minimum atomic E-state index is -0.216. The Kier molecular flexibility index (Phi) is 4.61. The maximum Gasteiger partial charge on any atom is 0.250 e. The van der Waals surface area contributed by atoms with Crippen LogP contribution >= 0.6 is 11.6 Å². The maximum absolute atomic E-state index is 13.7. The second kappa shape index (κ2) is 6.23. The monoisotopic (exact) mass is 293 g/mol. The highest BCUT2D eigenvalue weighted by Gasteiger charge is 2.20. The molecule has 0 unspecified atom stereocenters. The van der Waals surface area contributed by atoms with Gasteiger partial charge in [0.15, 0.2) is 0 Å². The number of halogens is 2. The molecule has 1 heterocycles. The summed E-state index contributed by atoms with van der Waals surface area (Å²) < 4.78 is 13.7. The van der Waals surface area contributed by atoms with Gasteiger partial charge in [0.25, 0.3) is 5.91 Å². The molecule has 0 fully saturated rings. The Labute approximate surface area is 123 Å². The van der Waals surface area contributed by atoms with Crippen LogP contribution in [0.4, 0.5) is 4.39 Å². The van der Waals surface area contributed by atoms with Gasteiger partial charge in [-0.05, 0) is 31.9 Å². The second-order valence-corrected chi connectivity index (χ2v) is 5.44. The lowest BCUT2D eigenvalue weighted by molar-refractivity contribution is -0.126. The molecule has 0 saturated heterocycles. The molecule has 0 aliphatic carbocycles. The lowest BCUT2D eigenvalue weighted by Gasteiger charge is -2.27. The Hall–Kier alpha value is -1.61. The lowest BCUT2D eigenvalue weighted by atomic mass is 9.98. The molecule has 1 aliphatic heterocycles. The van der Waals surface area contributed by atoms with Crippen molar-refractivity contribution < 1.29 is 9.18 Å². The van der Waals surface area contributed by atoms with Crippen LogP contribution in [0.3, 0.4) is 0 Å². The van der Waals surface area contributed by atoms with Gasteiger partial charge >= 0.3 is 0 Å². The van der Waals surface area contributed by atoms with Crippen LogP contribution in [-0.4, -0.2) is 23.9 Å². The third kappa shape index (κ3) is 3.10. The Morgan fingerprint density at radius 3 is 2.55 bits per heavy atom. The van der Waals surface area contributed by atoms with Gasteiger partial charge in [-0.25, -0.2) is 4.39 Å². The number of hydrogen-bond donors (Lipinski definition) is 0. The van der Waals surface area contributed by atoms with Gasteiger partial charge in [0.05, 0.1) is 0 Å². The minimum absolute atomic E-state index is 0.0543. The molecule has 1 aromatic rings. The number of rotatable bonds is 2. The van der Waals surface area contributed by atoms with Crippen molar-refractivity contribution in [3.05, 3.63) is 52.3 Å². The molecular formula is C16H17ClFNO. The Morgan fingerprint density at radius 1 is 1.30 bits per heavy atom. The molecule has 1 aromatic carbocycles. The van der Waals surface area contributed by atoms with Crippen molar-refractivity contribution in [2.24, 2.45) is 0 Å². The van der Waals surface area contributed by atoms with E-state index in [1.54, 1.807) is 30.9 Å². The van der Waals surface area contributed by atoms with Crippen molar-refractivity contribution in [1.29, 1.82) is 0 Å². The molecule has 1 amide bonds. The smallest absolute Gasteiger partial charge is 0.250 e. The average molecular weight is 294 g/mol. The molecule has 106 valence electrons. The van der Waals surface area contributed by atoms with E-state index >= 15 is 0 Å². The summed E-state index contributed by atoms with van der Waals surface area (Å²) >= 11 is 5.85. The van der Waals surface area contributed by atoms with E-state index < -0.39 is 0 Å². The van der Waals surface area contributed by atoms with Crippen molar-refractivity contribution in [1.82, 2.24) is 4.90 Å². The van der Waals surface area contributed by atoms with E-state index in [1.165, 1.54) is 6.07 Å². The van der Waals surface area contributed by atoms with Crippen molar-refractivity contribution in [2.75, 3.05) is 13.1 Å². The summed E-state index contributed by atoms with van der Waals surface area (Å²) in [6, 6.07) is 6.72. The normalized spacial score (nSPS) is 16.6. The molecule has 0 atom stereocenters. The van der Waals surface area contributed by atoms with E-state index in [1.807, 2.05) is 12.1 Å². The summed E-state index contributed by atoms with van der Waals surface area (Å²) in [5, 5.41) is 0.513. The van der Waals surface area contributed by atoms with Crippen LogP contribution in [0.15, 0.2) is 40.9 Å². The van der Waals surface area contributed by atoms with Gasteiger partial charge in [-0.2, -0.15) is 0 Å². The molecule has 2 rings (SSSR count). The molecule has 20 heavy (non-hydrogen) atoms. The van der Waals surface area contributed by atoms with Crippen molar-refractivity contribution >= 4 is 23.1 Å². The standard InChI is InChI=1S/C16H17ClFNO/c1-11(12(2)17)16(20)19-9-7-13(8-10-19)14-5-3-4-6-15(14)18/h3-7H,8-10H2,1-2H3/b12-11-. The first kappa shape index (κ1) is 14.8. The van der Waals surface area contributed by atoms with E-state index in [2.05, 4.69) is 0 Å². The third-order valence-electron chi connectivity index (χ3n) is 3.55. The third-order valence-corrected chi connectivity index (χ3v) is 3.84. The molecule has 0 bridgehead atoms. The highest BCUT2D eigenvalue weighted by atomic mass is 35.5. The summed E-state index contributed by atoms with van der Waals surface area (Å²) in [5.74, 6) is -0.271. The molecular weight excluding hydrogens is 277 g/mol. The van der Waals surface area contributed by atoms with Crippen LogP contribution in [0.2, 0.25) is 0 Å². The van der Waals surface area contributed by atoms with Crippen molar-refractivity contribution in [3.63, 3.8) is 0 Å². The summed E-state index contributed by atoms with van der Waals surface area (Å²) in [4.78, 5) is 13.9. The van der Waals surface area contributed by atoms with Gasteiger partial charge < -0.3 is 4.90 Å². The van der Waals surface area contributed by atoms with Gasteiger partial charge in [-0.15, -0.1) is 0 Å². The van der Waals surface area contributed by atoms with E-state index in [0.717, 1.165) is 5.57 Å². The predicted octanol–water partition coefficient (Wildman–Crippen LogP) is 3.97. The zero-order valence-electron chi connectivity index (χ0n) is 11.6. The number of allylic oxidation sites excluding steroid dienone is 1. The summed E-state index contributed by atoms with van der Waals surface area (Å²) in [7, 11) is 0. The average Bonchev–Trinajstić information content (AvgIpc) is 2.46. The van der Waals surface area contributed by atoms with Crippen LogP contribution in [0.5, 0.6) is 0 Å². The molecule has 0 N–H and O–H groups in total. The number of carbonyl (C=O) groups is 1. The molecule has 0 aromatic heterocycles. The topological polar surface area (TPSA) is 20.3 Å². The van der Waals surface area contributed by atoms with Crippen LogP contribution in [0.1, 0.15) is 25.8 Å². The Balaban J connectivity index is 2.14. The fourth-order valence-corrected chi connectivity index (χ4v) is 2.29. The molecule has 4 heteroatoms. The van der Waals surface area contributed by atoms with Crippen molar-refractivity contribution in [3.8, 4) is 0 Å². The highest BCUT2D eigenvalue weighted by Crippen LogP contribution is 2.25. The van der Waals surface area contributed by atoms with Gasteiger partial charge in [0.1, 0.15) is 5.82 Å². The second-order valence-electron chi connectivity index (χ2n) is 4.87.